The van der Waals surface area contributed by atoms with Crippen LogP contribution in [0.4, 0.5) is 0 Å². The number of imidazole rings is 1. The van der Waals surface area contributed by atoms with Crippen LogP contribution in [0.3, 0.4) is 0 Å². The van der Waals surface area contributed by atoms with Crippen molar-refractivity contribution in [3.8, 4) is 0 Å². The molecule has 0 aliphatic heterocycles. The molecule has 2 aromatic rings. The minimum absolute atomic E-state index is 0.554. The van der Waals surface area contributed by atoms with E-state index in [1.54, 1.807) is 0 Å². The number of halogens is 1. The second-order valence-electron chi connectivity index (χ2n) is 6.02. The van der Waals surface area contributed by atoms with E-state index < -0.39 is 0 Å². The van der Waals surface area contributed by atoms with Gasteiger partial charge in [-0.2, -0.15) is 0 Å². The number of nitrogens with zero attached hydrogens (tertiary/aromatic N) is 3. The molecule has 0 bridgehead atoms. The van der Waals surface area contributed by atoms with E-state index in [-0.39, 0.29) is 0 Å². The lowest BCUT2D eigenvalue weighted by molar-refractivity contribution is 0.410. The van der Waals surface area contributed by atoms with Gasteiger partial charge in [0.25, 0.3) is 0 Å². The van der Waals surface area contributed by atoms with Crippen LogP contribution >= 0.6 is 15.9 Å². The van der Waals surface area contributed by atoms with E-state index in [0.29, 0.717) is 12.6 Å². The molecule has 1 fully saturated rings. The summed E-state index contributed by atoms with van der Waals surface area (Å²) in [4.78, 5) is 9.31. The van der Waals surface area contributed by atoms with E-state index in [1.807, 2.05) is 28.9 Å². The lowest BCUT2D eigenvalue weighted by Gasteiger charge is -2.24. The molecule has 0 radical (unpaired) electrons. The molecule has 1 aliphatic rings. The third-order valence-corrected chi connectivity index (χ3v) is 4.62. The molecule has 3 rings (SSSR count). The van der Waals surface area contributed by atoms with Gasteiger partial charge in [-0.3, -0.25) is 0 Å². The van der Waals surface area contributed by atoms with E-state index in [4.69, 9.17) is 4.99 Å². The van der Waals surface area contributed by atoms with Gasteiger partial charge in [-0.05, 0) is 47.8 Å². The van der Waals surface area contributed by atoms with Crippen molar-refractivity contribution in [2.45, 2.75) is 51.6 Å². The fourth-order valence-corrected chi connectivity index (χ4v) is 3.37. The fourth-order valence-electron chi connectivity index (χ4n) is 3.01. The number of aromatic nitrogens is 2. The smallest absolute Gasteiger partial charge is 0.191 e. The summed E-state index contributed by atoms with van der Waals surface area (Å²) in [6.45, 7) is 3.55. The predicted molar refractivity (Wildman–Crippen MR) is 97.7 cm³/mol. The predicted octanol–water partition coefficient (Wildman–Crippen LogP) is 3.48. The van der Waals surface area contributed by atoms with Gasteiger partial charge in [0.1, 0.15) is 5.65 Å². The monoisotopic (exact) mass is 377 g/mol. The van der Waals surface area contributed by atoms with Crippen molar-refractivity contribution in [3.05, 3.63) is 34.7 Å². The van der Waals surface area contributed by atoms with Gasteiger partial charge in [0.05, 0.1) is 12.2 Å². The SMILES string of the molecule is CCNC(=NCc1cn2cc(Br)ccc2n1)NC1CCCCC1. The van der Waals surface area contributed by atoms with Gasteiger partial charge in [-0.1, -0.05) is 19.3 Å². The summed E-state index contributed by atoms with van der Waals surface area (Å²) in [7, 11) is 0. The van der Waals surface area contributed by atoms with Crippen molar-refractivity contribution in [2.75, 3.05) is 6.54 Å². The number of nitrogens with one attached hydrogen (secondary N) is 2. The highest BCUT2D eigenvalue weighted by molar-refractivity contribution is 9.10. The van der Waals surface area contributed by atoms with Crippen LogP contribution in [0.25, 0.3) is 5.65 Å². The van der Waals surface area contributed by atoms with Gasteiger partial charge in [-0.15, -0.1) is 0 Å². The minimum Gasteiger partial charge on any atom is -0.357 e. The molecular weight excluding hydrogens is 354 g/mol. The van der Waals surface area contributed by atoms with Crippen LogP contribution in [0.1, 0.15) is 44.7 Å². The van der Waals surface area contributed by atoms with E-state index >= 15 is 0 Å². The lowest BCUT2D eigenvalue weighted by atomic mass is 9.96. The van der Waals surface area contributed by atoms with Crippen molar-refractivity contribution in [3.63, 3.8) is 0 Å². The van der Waals surface area contributed by atoms with Gasteiger partial charge >= 0.3 is 0 Å². The zero-order chi connectivity index (χ0) is 16.1. The van der Waals surface area contributed by atoms with Crippen LogP contribution in [-0.4, -0.2) is 27.9 Å². The molecule has 0 saturated heterocycles. The molecule has 2 aromatic heterocycles. The maximum atomic E-state index is 4.70. The summed E-state index contributed by atoms with van der Waals surface area (Å²) in [5.41, 5.74) is 1.92. The van der Waals surface area contributed by atoms with Gasteiger partial charge < -0.3 is 15.0 Å². The van der Waals surface area contributed by atoms with Gasteiger partial charge in [-0.25, -0.2) is 9.98 Å². The van der Waals surface area contributed by atoms with Crippen molar-refractivity contribution >= 4 is 27.5 Å². The van der Waals surface area contributed by atoms with Crippen LogP contribution in [0, 0.1) is 0 Å². The molecule has 0 aromatic carbocycles. The highest BCUT2D eigenvalue weighted by Crippen LogP contribution is 2.17. The summed E-state index contributed by atoms with van der Waals surface area (Å²) in [5, 5.41) is 6.91. The number of hydrogen-bond acceptors (Lipinski definition) is 2. The highest BCUT2D eigenvalue weighted by atomic mass is 79.9. The molecule has 23 heavy (non-hydrogen) atoms. The zero-order valence-corrected chi connectivity index (χ0v) is 15.1. The maximum absolute atomic E-state index is 4.70. The molecule has 6 heteroatoms. The molecular formula is C17H24BrN5. The Bertz CT molecular complexity index is 673. The van der Waals surface area contributed by atoms with Crippen molar-refractivity contribution < 1.29 is 0 Å². The third-order valence-electron chi connectivity index (χ3n) is 4.15. The number of fused-ring (bicyclic) bond motifs is 1. The number of rotatable bonds is 4. The lowest BCUT2D eigenvalue weighted by Crippen LogP contribution is -2.44. The van der Waals surface area contributed by atoms with Crippen LogP contribution in [0.2, 0.25) is 0 Å². The van der Waals surface area contributed by atoms with Crippen LogP contribution in [-0.2, 0) is 6.54 Å². The maximum Gasteiger partial charge on any atom is 0.191 e. The van der Waals surface area contributed by atoms with Crippen molar-refractivity contribution in [2.24, 2.45) is 4.99 Å². The second-order valence-corrected chi connectivity index (χ2v) is 6.94. The largest absolute Gasteiger partial charge is 0.357 e. The summed E-state index contributed by atoms with van der Waals surface area (Å²) >= 11 is 3.48. The van der Waals surface area contributed by atoms with E-state index in [0.717, 1.165) is 28.3 Å². The topological polar surface area (TPSA) is 53.7 Å². The Kier molecular flexibility index (Phi) is 5.54. The van der Waals surface area contributed by atoms with Crippen LogP contribution in [0.5, 0.6) is 0 Å². The molecule has 0 spiro atoms. The summed E-state index contributed by atoms with van der Waals surface area (Å²) in [5.74, 6) is 0.901. The average Bonchev–Trinajstić information content (AvgIpc) is 2.96. The molecule has 1 aliphatic carbocycles. The molecule has 5 nitrogen and oxygen atoms in total. The van der Waals surface area contributed by atoms with E-state index in [9.17, 15) is 0 Å². The Morgan fingerprint density at radius 3 is 2.91 bits per heavy atom. The standard InChI is InChI=1S/C17H24BrN5/c1-2-19-17(22-14-6-4-3-5-7-14)20-10-15-12-23-11-13(18)8-9-16(23)21-15/h8-9,11-12,14H,2-7,10H2,1H3,(H2,19,20,22). The molecule has 1 saturated carbocycles. The van der Waals surface area contributed by atoms with Crippen LogP contribution in [0.15, 0.2) is 34.0 Å². The van der Waals surface area contributed by atoms with Crippen molar-refractivity contribution in [1.82, 2.24) is 20.0 Å². The fraction of sp³-hybridized carbons (Fsp3) is 0.529. The number of pyridine rings is 1. The first-order valence-electron chi connectivity index (χ1n) is 8.42. The number of guanidine groups is 1. The highest BCUT2D eigenvalue weighted by Gasteiger charge is 2.14. The number of aliphatic imine (C=N–C) groups is 1. The zero-order valence-electron chi connectivity index (χ0n) is 13.6. The van der Waals surface area contributed by atoms with Gasteiger partial charge in [0, 0.05) is 29.5 Å². The second kappa shape index (κ2) is 7.81. The Balaban J connectivity index is 1.68. The first kappa shape index (κ1) is 16.3. The molecule has 124 valence electrons. The van der Waals surface area contributed by atoms with Gasteiger partial charge in [0.15, 0.2) is 5.96 Å². The summed E-state index contributed by atoms with van der Waals surface area (Å²) < 4.78 is 3.07. The average molecular weight is 378 g/mol. The first-order valence-corrected chi connectivity index (χ1v) is 9.22. The Morgan fingerprint density at radius 1 is 1.30 bits per heavy atom. The Hall–Kier alpha value is -1.56. The molecule has 0 unspecified atom stereocenters. The van der Waals surface area contributed by atoms with Crippen LogP contribution < -0.4 is 10.6 Å². The molecule has 0 amide bonds. The quantitative estimate of drug-likeness (QED) is 0.633. The van der Waals surface area contributed by atoms with Crippen molar-refractivity contribution in [1.29, 1.82) is 0 Å². The Morgan fingerprint density at radius 2 is 2.13 bits per heavy atom. The van der Waals surface area contributed by atoms with Gasteiger partial charge in [0.2, 0.25) is 0 Å². The summed E-state index contributed by atoms with van der Waals surface area (Å²) in [6.07, 6.45) is 10.5. The summed E-state index contributed by atoms with van der Waals surface area (Å²) in [6, 6.07) is 4.56. The minimum atomic E-state index is 0.554. The first-order chi connectivity index (χ1) is 11.2. The Labute approximate surface area is 145 Å². The number of hydrogen-bond donors (Lipinski definition) is 2. The molecule has 0 atom stereocenters. The third kappa shape index (κ3) is 4.47. The molecule has 2 N–H and O–H groups in total. The normalized spacial score (nSPS) is 16.7. The van der Waals surface area contributed by atoms with E-state index in [1.165, 1.54) is 32.1 Å². The molecule has 2 heterocycles. The van der Waals surface area contributed by atoms with E-state index in [2.05, 4.69) is 38.5 Å².